The molecule has 0 radical (unpaired) electrons. The molecular formula is C24H28FN5. The Kier molecular flexibility index (Phi) is 6.77. The molecule has 1 aliphatic heterocycles. The van der Waals surface area contributed by atoms with Crippen LogP contribution in [0.5, 0.6) is 0 Å². The fraction of sp³-hybridized carbons (Fsp3) is 0.375. The molecule has 30 heavy (non-hydrogen) atoms. The number of rotatable bonds is 7. The Morgan fingerprint density at radius 1 is 1.13 bits per heavy atom. The number of nitrogens with one attached hydrogen (secondary N) is 1. The van der Waals surface area contributed by atoms with Crippen molar-refractivity contribution in [2.24, 2.45) is 0 Å². The largest absolute Gasteiger partial charge is 0.314 e. The lowest BCUT2D eigenvalue weighted by Crippen LogP contribution is -2.49. The van der Waals surface area contributed by atoms with Gasteiger partial charge in [0.2, 0.25) is 0 Å². The van der Waals surface area contributed by atoms with E-state index in [0.717, 1.165) is 68.1 Å². The number of halogens is 1. The minimum absolute atomic E-state index is 0.187. The van der Waals surface area contributed by atoms with Crippen LogP contribution in [0.25, 0.3) is 11.3 Å². The predicted octanol–water partition coefficient (Wildman–Crippen LogP) is 3.65. The second-order valence-corrected chi connectivity index (χ2v) is 7.95. The van der Waals surface area contributed by atoms with Crippen LogP contribution >= 0.6 is 0 Å². The van der Waals surface area contributed by atoms with E-state index in [1.165, 1.54) is 11.6 Å². The Hall–Kier alpha value is -2.70. The summed E-state index contributed by atoms with van der Waals surface area (Å²) in [5.41, 5.74) is 4.12. The second-order valence-electron chi connectivity index (χ2n) is 7.95. The maximum atomic E-state index is 13.3. The first kappa shape index (κ1) is 20.6. The van der Waals surface area contributed by atoms with E-state index in [0.29, 0.717) is 6.04 Å². The van der Waals surface area contributed by atoms with E-state index in [2.05, 4.69) is 33.2 Å². The quantitative estimate of drug-likeness (QED) is 0.650. The average molecular weight is 406 g/mol. The molecule has 1 fully saturated rings. The normalized spacial score (nSPS) is 17.2. The van der Waals surface area contributed by atoms with Crippen LogP contribution in [0, 0.1) is 5.82 Å². The highest BCUT2D eigenvalue weighted by atomic mass is 19.1. The molecule has 0 bridgehead atoms. The molecule has 0 saturated carbocycles. The van der Waals surface area contributed by atoms with Crippen LogP contribution in [0.2, 0.25) is 0 Å². The number of aromatic nitrogens is 3. The zero-order valence-electron chi connectivity index (χ0n) is 17.4. The second kappa shape index (κ2) is 9.87. The molecule has 5 nitrogen and oxygen atoms in total. The summed E-state index contributed by atoms with van der Waals surface area (Å²) in [7, 11) is 0. The van der Waals surface area contributed by atoms with E-state index in [1.807, 2.05) is 30.7 Å². The molecule has 1 aromatic carbocycles. The Morgan fingerprint density at radius 2 is 2.07 bits per heavy atom. The van der Waals surface area contributed by atoms with Gasteiger partial charge in [-0.25, -0.2) is 14.4 Å². The van der Waals surface area contributed by atoms with E-state index in [4.69, 9.17) is 4.98 Å². The molecule has 1 saturated heterocycles. The molecule has 1 atom stereocenters. The summed E-state index contributed by atoms with van der Waals surface area (Å²) in [5.74, 6) is 0.623. The fourth-order valence-electron chi connectivity index (χ4n) is 3.89. The summed E-state index contributed by atoms with van der Waals surface area (Å²) in [4.78, 5) is 16.1. The molecule has 2 aromatic heterocycles. The predicted molar refractivity (Wildman–Crippen MR) is 116 cm³/mol. The van der Waals surface area contributed by atoms with Gasteiger partial charge in [-0.05, 0) is 55.2 Å². The summed E-state index contributed by atoms with van der Waals surface area (Å²) >= 11 is 0. The minimum atomic E-state index is -0.187. The fourth-order valence-corrected chi connectivity index (χ4v) is 3.89. The highest BCUT2D eigenvalue weighted by Gasteiger charge is 2.18. The topological polar surface area (TPSA) is 53.9 Å². The molecule has 4 rings (SSSR count). The van der Waals surface area contributed by atoms with Gasteiger partial charge in [-0.1, -0.05) is 12.1 Å². The van der Waals surface area contributed by atoms with Crippen molar-refractivity contribution in [2.45, 2.75) is 38.8 Å². The zero-order valence-corrected chi connectivity index (χ0v) is 17.4. The lowest BCUT2D eigenvalue weighted by atomic mass is 10.1. The van der Waals surface area contributed by atoms with Crippen LogP contribution < -0.4 is 5.32 Å². The van der Waals surface area contributed by atoms with E-state index >= 15 is 0 Å². The molecule has 0 spiro atoms. The molecule has 0 aliphatic carbocycles. The third-order valence-corrected chi connectivity index (χ3v) is 5.58. The third-order valence-electron chi connectivity index (χ3n) is 5.58. The monoisotopic (exact) mass is 405 g/mol. The summed E-state index contributed by atoms with van der Waals surface area (Å²) in [6.45, 7) is 6.26. The first-order valence-electron chi connectivity index (χ1n) is 10.6. The summed E-state index contributed by atoms with van der Waals surface area (Å²) in [6.07, 6.45) is 8.07. The van der Waals surface area contributed by atoms with E-state index < -0.39 is 0 Å². The van der Waals surface area contributed by atoms with Gasteiger partial charge in [0.25, 0.3) is 0 Å². The van der Waals surface area contributed by atoms with Crippen LogP contribution in [0.4, 0.5) is 4.39 Å². The van der Waals surface area contributed by atoms with Crippen molar-refractivity contribution in [3.05, 3.63) is 77.8 Å². The SMILES string of the molecule is C[C@H]1CNCCN1Cc1cncc(-c2ccnc(CCCc3cccc(F)c3)n2)c1. The van der Waals surface area contributed by atoms with Crippen LogP contribution in [0.3, 0.4) is 0 Å². The first-order valence-corrected chi connectivity index (χ1v) is 10.6. The van der Waals surface area contributed by atoms with Crippen LogP contribution in [-0.4, -0.2) is 45.5 Å². The first-order chi connectivity index (χ1) is 14.7. The molecule has 3 heterocycles. The summed E-state index contributed by atoms with van der Waals surface area (Å²) < 4.78 is 13.3. The number of hydrogen-bond donors (Lipinski definition) is 1. The summed E-state index contributed by atoms with van der Waals surface area (Å²) in [6, 6.07) is 11.4. The van der Waals surface area contributed by atoms with Crippen molar-refractivity contribution >= 4 is 0 Å². The van der Waals surface area contributed by atoms with Crippen molar-refractivity contribution in [2.75, 3.05) is 19.6 Å². The molecule has 3 aromatic rings. The van der Waals surface area contributed by atoms with Gasteiger partial charge >= 0.3 is 0 Å². The van der Waals surface area contributed by atoms with Crippen molar-refractivity contribution in [3.8, 4) is 11.3 Å². The maximum absolute atomic E-state index is 13.3. The van der Waals surface area contributed by atoms with Gasteiger partial charge in [-0.15, -0.1) is 0 Å². The van der Waals surface area contributed by atoms with E-state index in [-0.39, 0.29) is 5.82 Å². The van der Waals surface area contributed by atoms with Crippen LogP contribution in [0.1, 0.15) is 30.3 Å². The molecule has 1 N–H and O–H groups in total. The minimum Gasteiger partial charge on any atom is -0.314 e. The number of nitrogens with zero attached hydrogens (tertiary/aromatic N) is 4. The van der Waals surface area contributed by atoms with Gasteiger partial charge in [0.1, 0.15) is 11.6 Å². The Balaban J connectivity index is 1.40. The molecular weight excluding hydrogens is 377 g/mol. The number of hydrogen-bond acceptors (Lipinski definition) is 5. The van der Waals surface area contributed by atoms with Crippen molar-refractivity contribution in [1.29, 1.82) is 0 Å². The van der Waals surface area contributed by atoms with Gasteiger partial charge < -0.3 is 5.32 Å². The van der Waals surface area contributed by atoms with E-state index in [1.54, 1.807) is 12.1 Å². The standard InChI is InChI=1S/C24H28FN5/c1-18-14-26-10-11-30(18)17-20-12-21(16-27-15-20)23-8-9-28-24(29-23)7-3-5-19-4-2-6-22(25)13-19/h2,4,6,8-9,12-13,15-16,18,26H,3,5,7,10-11,14,17H2,1H3/t18-/m0/s1. The average Bonchev–Trinajstić information content (AvgIpc) is 2.76. The van der Waals surface area contributed by atoms with E-state index in [9.17, 15) is 4.39 Å². The third kappa shape index (κ3) is 5.46. The molecule has 0 unspecified atom stereocenters. The van der Waals surface area contributed by atoms with Gasteiger partial charge in [0, 0.05) is 62.8 Å². The van der Waals surface area contributed by atoms with Gasteiger partial charge in [-0.3, -0.25) is 9.88 Å². The smallest absolute Gasteiger partial charge is 0.128 e. The Morgan fingerprint density at radius 3 is 2.93 bits per heavy atom. The molecule has 0 amide bonds. The molecule has 156 valence electrons. The van der Waals surface area contributed by atoms with Crippen molar-refractivity contribution in [3.63, 3.8) is 0 Å². The van der Waals surface area contributed by atoms with Gasteiger partial charge in [0.15, 0.2) is 0 Å². The Labute approximate surface area is 177 Å². The molecule has 6 heteroatoms. The van der Waals surface area contributed by atoms with Crippen molar-refractivity contribution < 1.29 is 4.39 Å². The Bertz CT molecular complexity index is 977. The lowest BCUT2D eigenvalue weighted by Gasteiger charge is -2.33. The maximum Gasteiger partial charge on any atom is 0.128 e. The van der Waals surface area contributed by atoms with Crippen LogP contribution in [-0.2, 0) is 19.4 Å². The summed E-state index contributed by atoms with van der Waals surface area (Å²) in [5, 5.41) is 3.43. The van der Waals surface area contributed by atoms with Gasteiger partial charge in [-0.2, -0.15) is 0 Å². The molecule has 1 aliphatic rings. The zero-order chi connectivity index (χ0) is 20.8. The van der Waals surface area contributed by atoms with Crippen molar-refractivity contribution in [1.82, 2.24) is 25.2 Å². The number of piperazine rings is 1. The number of aryl methyl sites for hydroxylation is 2. The van der Waals surface area contributed by atoms with Gasteiger partial charge in [0.05, 0.1) is 5.69 Å². The number of pyridine rings is 1. The highest BCUT2D eigenvalue weighted by molar-refractivity contribution is 5.58. The lowest BCUT2D eigenvalue weighted by molar-refractivity contribution is 0.165. The highest BCUT2D eigenvalue weighted by Crippen LogP contribution is 2.19. The van der Waals surface area contributed by atoms with Crippen LogP contribution in [0.15, 0.2) is 55.0 Å². The number of benzene rings is 1.